The topological polar surface area (TPSA) is 46.3 Å². The highest BCUT2D eigenvalue weighted by Gasteiger charge is 2.29. The largest absolute Gasteiger partial charge is 0.330 e. The Bertz CT molecular complexity index is 363. The lowest BCUT2D eigenvalue weighted by Crippen LogP contribution is -2.25. The van der Waals surface area contributed by atoms with Crippen LogP contribution in [0.1, 0.15) is 6.42 Å². The Balaban J connectivity index is 2.18. The molecule has 1 saturated heterocycles. The van der Waals surface area contributed by atoms with Gasteiger partial charge in [0.1, 0.15) is 0 Å². The molecule has 1 aromatic rings. The van der Waals surface area contributed by atoms with E-state index in [1.165, 1.54) is 0 Å². The van der Waals surface area contributed by atoms with Crippen LogP contribution >= 0.6 is 11.6 Å². The van der Waals surface area contributed by atoms with Crippen molar-refractivity contribution in [2.24, 2.45) is 11.7 Å². The second kappa shape index (κ2) is 4.21. The Kier molecular flexibility index (Phi) is 2.93. The van der Waals surface area contributed by atoms with Crippen LogP contribution in [0.2, 0.25) is 5.02 Å². The molecule has 1 fully saturated rings. The second-order valence-electron chi connectivity index (χ2n) is 3.79. The van der Waals surface area contributed by atoms with Crippen LogP contribution in [0.3, 0.4) is 0 Å². The molecular formula is C11H13ClN2O. The summed E-state index contributed by atoms with van der Waals surface area (Å²) in [4.78, 5) is 13.4. The second-order valence-corrected chi connectivity index (χ2v) is 4.22. The van der Waals surface area contributed by atoms with E-state index in [9.17, 15) is 4.79 Å². The summed E-state index contributed by atoms with van der Waals surface area (Å²) in [6, 6.07) is 7.30. The summed E-state index contributed by atoms with van der Waals surface area (Å²) >= 11 is 5.79. The number of benzene rings is 1. The zero-order valence-corrected chi connectivity index (χ0v) is 9.07. The summed E-state index contributed by atoms with van der Waals surface area (Å²) in [6.07, 6.45) is 0.555. The zero-order chi connectivity index (χ0) is 10.8. The van der Waals surface area contributed by atoms with Crippen molar-refractivity contribution in [1.29, 1.82) is 0 Å². The average Bonchev–Trinajstić information content (AvgIpc) is 2.61. The maximum atomic E-state index is 11.7. The molecule has 2 rings (SSSR count). The van der Waals surface area contributed by atoms with Gasteiger partial charge in [-0.1, -0.05) is 11.6 Å². The Labute approximate surface area is 93.8 Å². The number of nitrogens with zero attached hydrogens (tertiary/aromatic N) is 1. The van der Waals surface area contributed by atoms with Gasteiger partial charge in [0, 0.05) is 23.7 Å². The van der Waals surface area contributed by atoms with Gasteiger partial charge in [-0.3, -0.25) is 4.79 Å². The van der Waals surface area contributed by atoms with E-state index in [1.54, 1.807) is 17.0 Å². The van der Waals surface area contributed by atoms with Crippen LogP contribution in [0.5, 0.6) is 0 Å². The van der Waals surface area contributed by atoms with Crippen LogP contribution in [0.25, 0.3) is 0 Å². The quantitative estimate of drug-likeness (QED) is 0.831. The summed E-state index contributed by atoms with van der Waals surface area (Å²) in [7, 11) is 0. The zero-order valence-electron chi connectivity index (χ0n) is 8.32. The van der Waals surface area contributed by atoms with Crippen molar-refractivity contribution in [3.8, 4) is 0 Å². The van der Waals surface area contributed by atoms with Crippen LogP contribution < -0.4 is 10.6 Å². The first-order valence-corrected chi connectivity index (χ1v) is 5.34. The molecule has 0 aromatic heterocycles. The SMILES string of the molecule is NC[C@@H]1CC(=O)N(c2ccc(Cl)cc2)C1. The lowest BCUT2D eigenvalue weighted by molar-refractivity contribution is -0.117. The molecule has 0 bridgehead atoms. The minimum absolute atomic E-state index is 0.146. The number of nitrogens with two attached hydrogens (primary N) is 1. The third-order valence-corrected chi connectivity index (χ3v) is 2.93. The monoisotopic (exact) mass is 224 g/mol. The van der Waals surface area contributed by atoms with E-state index >= 15 is 0 Å². The van der Waals surface area contributed by atoms with Crippen LogP contribution in [-0.4, -0.2) is 19.0 Å². The van der Waals surface area contributed by atoms with Gasteiger partial charge in [-0.15, -0.1) is 0 Å². The smallest absolute Gasteiger partial charge is 0.227 e. The molecule has 1 atom stereocenters. The number of carbonyl (C=O) groups is 1. The van der Waals surface area contributed by atoms with Crippen molar-refractivity contribution >= 4 is 23.2 Å². The van der Waals surface area contributed by atoms with E-state index in [2.05, 4.69) is 0 Å². The van der Waals surface area contributed by atoms with Crippen molar-refractivity contribution in [3.05, 3.63) is 29.3 Å². The molecule has 0 aliphatic carbocycles. The fourth-order valence-electron chi connectivity index (χ4n) is 1.81. The number of amides is 1. The third-order valence-electron chi connectivity index (χ3n) is 2.68. The maximum Gasteiger partial charge on any atom is 0.227 e. The highest BCUT2D eigenvalue weighted by molar-refractivity contribution is 6.30. The van der Waals surface area contributed by atoms with Crippen LogP contribution in [0.15, 0.2) is 24.3 Å². The molecule has 3 nitrogen and oxygen atoms in total. The van der Waals surface area contributed by atoms with E-state index in [0.717, 1.165) is 12.2 Å². The molecule has 15 heavy (non-hydrogen) atoms. The number of rotatable bonds is 2. The van der Waals surface area contributed by atoms with E-state index in [4.69, 9.17) is 17.3 Å². The van der Waals surface area contributed by atoms with Gasteiger partial charge in [0.2, 0.25) is 5.91 Å². The molecule has 1 aliphatic heterocycles. The third kappa shape index (κ3) is 2.13. The molecule has 0 saturated carbocycles. The minimum Gasteiger partial charge on any atom is -0.330 e. The summed E-state index contributed by atoms with van der Waals surface area (Å²) < 4.78 is 0. The predicted octanol–water partition coefficient (Wildman–Crippen LogP) is 1.65. The van der Waals surface area contributed by atoms with Gasteiger partial charge in [0.15, 0.2) is 0 Å². The Morgan fingerprint density at radius 2 is 2.07 bits per heavy atom. The molecule has 80 valence electrons. The molecule has 1 aliphatic rings. The van der Waals surface area contributed by atoms with E-state index in [1.807, 2.05) is 12.1 Å². The van der Waals surface area contributed by atoms with Crippen molar-refractivity contribution < 1.29 is 4.79 Å². The van der Waals surface area contributed by atoms with E-state index in [0.29, 0.717) is 18.0 Å². The van der Waals surface area contributed by atoms with Gasteiger partial charge in [-0.2, -0.15) is 0 Å². The lowest BCUT2D eigenvalue weighted by Gasteiger charge is -2.16. The first kappa shape index (κ1) is 10.5. The van der Waals surface area contributed by atoms with Gasteiger partial charge < -0.3 is 10.6 Å². The van der Waals surface area contributed by atoms with Gasteiger partial charge in [-0.05, 0) is 36.7 Å². The summed E-state index contributed by atoms with van der Waals surface area (Å²) in [5.74, 6) is 0.431. The average molecular weight is 225 g/mol. The number of anilines is 1. The van der Waals surface area contributed by atoms with Crippen molar-refractivity contribution in [2.45, 2.75) is 6.42 Å². The molecule has 1 amide bonds. The molecule has 2 N–H and O–H groups in total. The molecular weight excluding hydrogens is 212 g/mol. The van der Waals surface area contributed by atoms with Crippen LogP contribution in [0.4, 0.5) is 5.69 Å². The maximum absolute atomic E-state index is 11.7. The molecule has 0 radical (unpaired) electrons. The number of halogens is 1. The number of carbonyl (C=O) groups excluding carboxylic acids is 1. The Hall–Kier alpha value is -1.06. The van der Waals surface area contributed by atoms with E-state index < -0.39 is 0 Å². The molecule has 1 aromatic carbocycles. The van der Waals surface area contributed by atoms with Gasteiger partial charge >= 0.3 is 0 Å². The Morgan fingerprint density at radius 1 is 1.40 bits per heavy atom. The van der Waals surface area contributed by atoms with Crippen molar-refractivity contribution in [1.82, 2.24) is 0 Å². The van der Waals surface area contributed by atoms with Crippen LogP contribution in [-0.2, 0) is 4.79 Å². The summed E-state index contributed by atoms with van der Waals surface area (Å²) in [5, 5.41) is 0.681. The molecule has 0 unspecified atom stereocenters. The van der Waals surface area contributed by atoms with Crippen molar-refractivity contribution in [3.63, 3.8) is 0 Å². The van der Waals surface area contributed by atoms with Gasteiger partial charge in [0.05, 0.1) is 0 Å². The summed E-state index contributed by atoms with van der Waals surface area (Å²) in [6.45, 7) is 1.28. The van der Waals surface area contributed by atoms with E-state index in [-0.39, 0.29) is 11.8 Å². The lowest BCUT2D eigenvalue weighted by atomic mass is 10.1. The fraction of sp³-hybridized carbons (Fsp3) is 0.364. The fourth-order valence-corrected chi connectivity index (χ4v) is 1.94. The molecule has 4 heteroatoms. The van der Waals surface area contributed by atoms with Gasteiger partial charge in [0.25, 0.3) is 0 Å². The minimum atomic E-state index is 0.146. The first-order valence-electron chi connectivity index (χ1n) is 4.96. The number of hydrogen-bond acceptors (Lipinski definition) is 2. The first-order chi connectivity index (χ1) is 7.20. The normalized spacial score (nSPS) is 21.1. The van der Waals surface area contributed by atoms with Gasteiger partial charge in [-0.25, -0.2) is 0 Å². The highest BCUT2D eigenvalue weighted by Crippen LogP contribution is 2.25. The van der Waals surface area contributed by atoms with Crippen molar-refractivity contribution in [2.75, 3.05) is 18.0 Å². The van der Waals surface area contributed by atoms with Crippen LogP contribution in [0, 0.1) is 5.92 Å². The Morgan fingerprint density at radius 3 is 2.60 bits per heavy atom. The highest BCUT2D eigenvalue weighted by atomic mass is 35.5. The number of hydrogen-bond donors (Lipinski definition) is 1. The summed E-state index contributed by atoms with van der Waals surface area (Å²) in [5.41, 5.74) is 6.46. The molecule has 0 spiro atoms. The standard InChI is InChI=1S/C11H13ClN2O/c12-9-1-3-10(4-2-9)14-7-8(6-13)5-11(14)15/h1-4,8H,5-7,13H2/t8-/m0/s1. The predicted molar refractivity (Wildman–Crippen MR) is 61.0 cm³/mol. The molecule has 1 heterocycles.